The molecule has 27 heavy (non-hydrogen) atoms. The predicted molar refractivity (Wildman–Crippen MR) is 104 cm³/mol. The largest absolute Gasteiger partial charge is 0.326 e. The average Bonchev–Trinajstić information content (AvgIpc) is 3.03. The molecule has 1 aliphatic carbocycles. The summed E-state index contributed by atoms with van der Waals surface area (Å²) in [5.41, 5.74) is 3.94. The molecule has 7 nitrogen and oxygen atoms in total. The van der Waals surface area contributed by atoms with Crippen molar-refractivity contribution in [3.63, 3.8) is 0 Å². The van der Waals surface area contributed by atoms with E-state index in [-0.39, 0.29) is 10.8 Å². The van der Waals surface area contributed by atoms with Gasteiger partial charge in [-0.05, 0) is 61.1 Å². The zero-order valence-corrected chi connectivity index (χ0v) is 16.7. The minimum Gasteiger partial charge on any atom is -0.326 e. The molecule has 1 aromatic carbocycles. The van der Waals surface area contributed by atoms with Crippen molar-refractivity contribution in [2.24, 2.45) is 5.92 Å². The second kappa shape index (κ2) is 7.79. The van der Waals surface area contributed by atoms with Gasteiger partial charge in [0.15, 0.2) is 0 Å². The molecule has 1 aromatic heterocycles. The first-order chi connectivity index (χ1) is 12.7. The third-order valence-electron chi connectivity index (χ3n) is 4.34. The number of benzene rings is 1. The van der Waals surface area contributed by atoms with Crippen LogP contribution in [0.15, 0.2) is 35.2 Å². The number of hydrogen-bond acceptors (Lipinski definition) is 5. The van der Waals surface area contributed by atoms with Crippen molar-refractivity contribution < 1.29 is 18.0 Å². The standard InChI is InChI=1S/C18H21N3O4S2/c1-11-3-8-16-13(9-11)10-17(26-16)18(23)20-21-27(24,25)15-6-4-14(5-7-15)19-12(2)22/h4-7,10-11,21H,3,8-9H2,1-2H3,(H,19,22)(H,20,23)/t11-/m0/s1. The molecule has 0 unspecified atom stereocenters. The van der Waals surface area contributed by atoms with Crippen LogP contribution in [-0.2, 0) is 27.7 Å². The molecule has 0 spiro atoms. The van der Waals surface area contributed by atoms with Gasteiger partial charge in [0.05, 0.1) is 9.77 Å². The van der Waals surface area contributed by atoms with E-state index in [2.05, 4.69) is 22.5 Å². The summed E-state index contributed by atoms with van der Waals surface area (Å²) in [6, 6.07) is 7.51. The molecule has 1 aliphatic rings. The Morgan fingerprint density at radius 2 is 1.89 bits per heavy atom. The van der Waals surface area contributed by atoms with Gasteiger partial charge in [-0.1, -0.05) is 6.92 Å². The highest BCUT2D eigenvalue weighted by Gasteiger charge is 2.22. The van der Waals surface area contributed by atoms with Gasteiger partial charge in [0, 0.05) is 17.5 Å². The van der Waals surface area contributed by atoms with E-state index in [0.29, 0.717) is 16.5 Å². The van der Waals surface area contributed by atoms with Gasteiger partial charge in [-0.2, -0.15) is 0 Å². The lowest BCUT2D eigenvalue weighted by Crippen LogP contribution is -2.41. The summed E-state index contributed by atoms with van der Waals surface area (Å²) in [7, 11) is -3.91. The molecule has 0 saturated carbocycles. The number of carbonyl (C=O) groups is 2. The van der Waals surface area contributed by atoms with Gasteiger partial charge in [-0.15, -0.1) is 16.2 Å². The van der Waals surface area contributed by atoms with Crippen LogP contribution < -0.4 is 15.6 Å². The lowest BCUT2D eigenvalue weighted by atomic mass is 9.90. The monoisotopic (exact) mass is 407 g/mol. The molecule has 0 saturated heterocycles. The first-order valence-corrected chi connectivity index (χ1v) is 10.9. The molecule has 2 amide bonds. The Labute approximate surface area is 162 Å². The number of amides is 2. The summed E-state index contributed by atoms with van der Waals surface area (Å²) < 4.78 is 24.7. The smallest absolute Gasteiger partial charge is 0.276 e. The van der Waals surface area contributed by atoms with E-state index in [1.54, 1.807) is 0 Å². The Balaban J connectivity index is 1.64. The van der Waals surface area contributed by atoms with E-state index in [9.17, 15) is 18.0 Å². The third-order valence-corrected chi connectivity index (χ3v) is 6.84. The number of hydrazine groups is 1. The third kappa shape index (κ3) is 4.74. The molecular weight excluding hydrogens is 386 g/mol. The zero-order valence-electron chi connectivity index (χ0n) is 15.0. The van der Waals surface area contributed by atoms with Crippen molar-refractivity contribution in [2.45, 2.75) is 38.0 Å². The maximum Gasteiger partial charge on any atom is 0.276 e. The number of hydrogen-bond donors (Lipinski definition) is 3. The molecule has 0 fully saturated rings. The fourth-order valence-corrected chi connectivity index (χ4v) is 4.92. The number of carbonyl (C=O) groups excluding carboxylic acids is 2. The number of thiophene rings is 1. The highest BCUT2D eigenvalue weighted by atomic mass is 32.2. The number of sulfonamides is 1. The molecule has 3 rings (SSSR count). The van der Waals surface area contributed by atoms with Gasteiger partial charge in [-0.25, -0.2) is 8.42 Å². The molecule has 1 heterocycles. The van der Waals surface area contributed by atoms with E-state index < -0.39 is 15.9 Å². The fourth-order valence-electron chi connectivity index (χ4n) is 2.97. The van der Waals surface area contributed by atoms with Crippen molar-refractivity contribution in [1.82, 2.24) is 10.3 Å². The van der Waals surface area contributed by atoms with Gasteiger partial charge in [0.25, 0.3) is 15.9 Å². The van der Waals surface area contributed by atoms with Crippen molar-refractivity contribution in [3.8, 4) is 0 Å². The lowest BCUT2D eigenvalue weighted by molar-refractivity contribution is -0.114. The second-order valence-corrected chi connectivity index (χ2v) is 9.49. The van der Waals surface area contributed by atoms with Gasteiger partial charge >= 0.3 is 0 Å². The first kappa shape index (κ1) is 19.5. The van der Waals surface area contributed by atoms with Crippen LogP contribution in [0.5, 0.6) is 0 Å². The Morgan fingerprint density at radius 3 is 2.56 bits per heavy atom. The van der Waals surface area contributed by atoms with Crippen LogP contribution >= 0.6 is 11.3 Å². The predicted octanol–water partition coefficient (Wildman–Crippen LogP) is 2.45. The fraction of sp³-hybridized carbons (Fsp3) is 0.333. The van der Waals surface area contributed by atoms with Crippen molar-refractivity contribution in [1.29, 1.82) is 0 Å². The molecule has 9 heteroatoms. The van der Waals surface area contributed by atoms with Crippen LogP contribution in [-0.4, -0.2) is 20.2 Å². The molecule has 0 aliphatic heterocycles. The van der Waals surface area contributed by atoms with E-state index >= 15 is 0 Å². The summed E-state index contributed by atoms with van der Waals surface area (Å²) in [5, 5.41) is 2.56. The number of nitrogens with one attached hydrogen (secondary N) is 3. The average molecular weight is 408 g/mol. The van der Waals surface area contributed by atoms with Gasteiger partial charge in [0.2, 0.25) is 5.91 Å². The maximum atomic E-state index is 12.3. The molecule has 1 atom stereocenters. The van der Waals surface area contributed by atoms with Crippen molar-refractivity contribution in [3.05, 3.63) is 45.6 Å². The second-order valence-electron chi connectivity index (χ2n) is 6.67. The summed E-state index contributed by atoms with van der Waals surface area (Å²) in [6.45, 7) is 3.55. The number of aryl methyl sites for hydroxylation is 1. The zero-order chi connectivity index (χ0) is 19.6. The summed E-state index contributed by atoms with van der Waals surface area (Å²) in [6.07, 6.45) is 3.02. The summed E-state index contributed by atoms with van der Waals surface area (Å²) in [5.74, 6) is -0.119. The van der Waals surface area contributed by atoms with E-state index in [1.165, 1.54) is 53.0 Å². The SMILES string of the molecule is CC(=O)Nc1ccc(S(=O)(=O)NNC(=O)c2cc3c(s2)CC[C@H](C)C3)cc1. The van der Waals surface area contributed by atoms with E-state index in [0.717, 1.165) is 19.3 Å². The summed E-state index contributed by atoms with van der Waals surface area (Å²) in [4.78, 5) is 27.1. The Hall–Kier alpha value is -2.23. The molecule has 144 valence electrons. The van der Waals surface area contributed by atoms with Crippen molar-refractivity contribution >= 4 is 38.9 Å². The maximum absolute atomic E-state index is 12.3. The molecule has 0 bridgehead atoms. The van der Waals surface area contributed by atoms with Gasteiger partial charge in [0.1, 0.15) is 0 Å². The highest BCUT2D eigenvalue weighted by molar-refractivity contribution is 7.89. The molecule has 0 radical (unpaired) electrons. The number of anilines is 1. The Bertz CT molecular complexity index is 965. The Morgan fingerprint density at radius 1 is 1.19 bits per heavy atom. The van der Waals surface area contributed by atoms with E-state index in [1.807, 2.05) is 6.07 Å². The van der Waals surface area contributed by atoms with E-state index in [4.69, 9.17) is 0 Å². The van der Waals surface area contributed by atoms with Crippen LogP contribution in [0.2, 0.25) is 0 Å². The normalized spacial score (nSPS) is 16.4. The highest BCUT2D eigenvalue weighted by Crippen LogP contribution is 2.32. The molecular formula is C18H21N3O4S2. The quantitative estimate of drug-likeness (QED) is 0.662. The minimum atomic E-state index is -3.91. The minimum absolute atomic E-state index is 0.0174. The number of fused-ring (bicyclic) bond motifs is 1. The van der Waals surface area contributed by atoms with Gasteiger partial charge < -0.3 is 5.32 Å². The van der Waals surface area contributed by atoms with Crippen LogP contribution in [0.4, 0.5) is 5.69 Å². The van der Waals surface area contributed by atoms with Crippen LogP contribution in [0.3, 0.4) is 0 Å². The van der Waals surface area contributed by atoms with Crippen LogP contribution in [0.25, 0.3) is 0 Å². The van der Waals surface area contributed by atoms with Crippen LogP contribution in [0, 0.1) is 5.92 Å². The van der Waals surface area contributed by atoms with Crippen molar-refractivity contribution in [2.75, 3.05) is 5.32 Å². The van der Waals surface area contributed by atoms with Gasteiger partial charge in [-0.3, -0.25) is 15.0 Å². The topological polar surface area (TPSA) is 104 Å². The Kier molecular flexibility index (Phi) is 5.64. The lowest BCUT2D eigenvalue weighted by Gasteiger charge is -2.16. The first-order valence-electron chi connectivity index (χ1n) is 8.56. The molecule has 3 N–H and O–H groups in total. The number of rotatable bonds is 5. The molecule has 2 aromatic rings. The summed E-state index contributed by atoms with van der Waals surface area (Å²) >= 11 is 1.41. The van der Waals surface area contributed by atoms with Crippen LogP contribution in [0.1, 0.15) is 40.4 Å².